The third-order valence-electron chi connectivity index (χ3n) is 5.74. The van der Waals surface area contributed by atoms with Crippen LogP contribution in [-0.4, -0.2) is 21.7 Å². The number of ketones is 1. The van der Waals surface area contributed by atoms with Gasteiger partial charge in [-0.2, -0.15) is 0 Å². The summed E-state index contributed by atoms with van der Waals surface area (Å²) in [5.41, 5.74) is 4.27. The molecule has 1 N–H and O–H groups in total. The van der Waals surface area contributed by atoms with Crippen LogP contribution < -0.4 is 0 Å². The lowest BCUT2D eigenvalue weighted by Crippen LogP contribution is -2.29. The molecule has 1 amide bonds. The minimum absolute atomic E-state index is 0.0842. The number of aliphatic hydroxyl groups is 1. The number of thiophene rings is 1. The highest BCUT2D eigenvalue weighted by Crippen LogP contribution is 2.43. The maximum atomic E-state index is 13.3. The van der Waals surface area contributed by atoms with Crippen LogP contribution in [0.3, 0.4) is 0 Å². The molecule has 3 aromatic rings. The van der Waals surface area contributed by atoms with Gasteiger partial charge in [0, 0.05) is 17.0 Å². The minimum Gasteiger partial charge on any atom is -0.507 e. The van der Waals surface area contributed by atoms with Gasteiger partial charge in [-0.05, 0) is 72.7 Å². The Labute approximate surface area is 184 Å². The quantitative estimate of drug-likeness (QED) is 0.338. The largest absolute Gasteiger partial charge is 0.507 e. The molecule has 0 spiro atoms. The van der Waals surface area contributed by atoms with Crippen molar-refractivity contribution in [2.75, 3.05) is 0 Å². The lowest BCUT2D eigenvalue weighted by Gasteiger charge is -2.25. The predicted molar refractivity (Wildman–Crippen MR) is 119 cm³/mol. The molecule has 1 aliphatic heterocycles. The fourth-order valence-corrected chi connectivity index (χ4v) is 4.86. The number of likely N-dealkylation sites (tertiary alicyclic amines) is 1. The van der Waals surface area contributed by atoms with Gasteiger partial charge in [0.1, 0.15) is 17.6 Å². The number of nitrogens with zero attached hydrogens (tertiary/aromatic N) is 1. The SMILES string of the molecule is Cc1ccc(/C(O)=C2/C(=O)C(=O)N(Cc3ccc(F)cc3)C2c2sccc2C)cc1C. The Morgan fingerprint density at radius 1 is 1.00 bits per heavy atom. The van der Waals surface area contributed by atoms with Crippen LogP contribution in [-0.2, 0) is 16.1 Å². The highest BCUT2D eigenvalue weighted by molar-refractivity contribution is 7.10. The number of Topliss-reactive ketones (excluding diaryl/α,β-unsaturated/α-hetero) is 1. The summed E-state index contributed by atoms with van der Waals surface area (Å²) < 4.78 is 13.3. The molecule has 2 aromatic carbocycles. The van der Waals surface area contributed by atoms with Crippen molar-refractivity contribution < 1.29 is 19.1 Å². The van der Waals surface area contributed by atoms with E-state index in [4.69, 9.17) is 0 Å². The summed E-state index contributed by atoms with van der Waals surface area (Å²) in [7, 11) is 0. The summed E-state index contributed by atoms with van der Waals surface area (Å²) in [5, 5.41) is 13.0. The van der Waals surface area contributed by atoms with E-state index in [1.807, 2.05) is 44.4 Å². The predicted octanol–water partition coefficient (Wildman–Crippen LogP) is 5.43. The number of hydrogen-bond acceptors (Lipinski definition) is 4. The summed E-state index contributed by atoms with van der Waals surface area (Å²) in [6, 6.07) is 12.5. The smallest absolute Gasteiger partial charge is 0.295 e. The Kier molecular flexibility index (Phi) is 5.50. The van der Waals surface area contributed by atoms with Crippen molar-refractivity contribution in [1.29, 1.82) is 0 Å². The molecular weight excluding hydrogens is 413 g/mol. The van der Waals surface area contributed by atoms with Crippen LogP contribution in [0.15, 0.2) is 59.5 Å². The van der Waals surface area contributed by atoms with Crippen molar-refractivity contribution in [3.8, 4) is 0 Å². The Balaban J connectivity index is 1.86. The van der Waals surface area contributed by atoms with Crippen LogP contribution >= 0.6 is 11.3 Å². The summed E-state index contributed by atoms with van der Waals surface area (Å²) in [6.45, 7) is 5.95. The molecule has 0 aliphatic carbocycles. The highest BCUT2D eigenvalue weighted by atomic mass is 32.1. The second kappa shape index (κ2) is 8.12. The fraction of sp³-hybridized carbons (Fsp3) is 0.200. The van der Waals surface area contributed by atoms with Crippen LogP contribution in [0.5, 0.6) is 0 Å². The van der Waals surface area contributed by atoms with E-state index in [0.29, 0.717) is 11.1 Å². The van der Waals surface area contributed by atoms with Crippen molar-refractivity contribution in [3.05, 3.63) is 98.0 Å². The molecule has 1 aliphatic rings. The third kappa shape index (κ3) is 3.79. The van der Waals surface area contributed by atoms with Gasteiger partial charge in [-0.3, -0.25) is 9.59 Å². The molecule has 2 heterocycles. The van der Waals surface area contributed by atoms with E-state index in [1.54, 1.807) is 18.2 Å². The van der Waals surface area contributed by atoms with Crippen LogP contribution in [0.25, 0.3) is 5.76 Å². The number of hydrogen-bond donors (Lipinski definition) is 1. The number of carbonyl (C=O) groups is 2. The normalized spacial score (nSPS) is 18.1. The van der Waals surface area contributed by atoms with Crippen molar-refractivity contribution in [2.24, 2.45) is 0 Å². The molecule has 1 fully saturated rings. The van der Waals surface area contributed by atoms with Gasteiger partial charge < -0.3 is 10.0 Å². The molecule has 0 saturated carbocycles. The van der Waals surface area contributed by atoms with Gasteiger partial charge in [0.05, 0.1) is 5.57 Å². The first-order valence-electron chi connectivity index (χ1n) is 9.92. The third-order valence-corrected chi connectivity index (χ3v) is 6.81. The molecule has 0 bridgehead atoms. The molecule has 4 nitrogen and oxygen atoms in total. The van der Waals surface area contributed by atoms with Gasteiger partial charge in [-0.1, -0.05) is 24.3 Å². The maximum absolute atomic E-state index is 13.3. The monoisotopic (exact) mass is 435 g/mol. The van der Waals surface area contributed by atoms with Gasteiger partial charge in [-0.15, -0.1) is 11.3 Å². The molecule has 4 rings (SSSR count). The zero-order chi connectivity index (χ0) is 22.3. The number of aryl methyl sites for hydroxylation is 3. The fourth-order valence-electron chi connectivity index (χ4n) is 3.81. The van der Waals surface area contributed by atoms with E-state index >= 15 is 0 Å². The number of carbonyl (C=O) groups excluding carboxylic acids is 2. The minimum atomic E-state index is -0.712. The van der Waals surface area contributed by atoms with Crippen LogP contribution in [0.4, 0.5) is 4.39 Å². The second-order valence-electron chi connectivity index (χ2n) is 7.82. The molecule has 31 heavy (non-hydrogen) atoms. The summed E-state index contributed by atoms with van der Waals surface area (Å²) in [6.07, 6.45) is 0. The average molecular weight is 436 g/mol. The molecular formula is C25H22FNO3S. The molecule has 6 heteroatoms. The standard InChI is InChI=1S/C25H22FNO3S/c1-14-4-7-18(12-16(14)3)22(28)20-21(24-15(2)10-11-31-24)27(25(30)23(20)29)13-17-5-8-19(26)9-6-17/h4-12,21,28H,13H2,1-3H3/b22-20-. The first-order chi connectivity index (χ1) is 14.8. The van der Waals surface area contributed by atoms with E-state index in [2.05, 4.69) is 0 Å². The number of amides is 1. The second-order valence-corrected chi connectivity index (χ2v) is 8.77. The lowest BCUT2D eigenvalue weighted by atomic mass is 9.96. The van der Waals surface area contributed by atoms with Gasteiger partial charge >= 0.3 is 0 Å². The Morgan fingerprint density at radius 2 is 1.71 bits per heavy atom. The van der Waals surface area contributed by atoms with Crippen molar-refractivity contribution in [1.82, 2.24) is 4.90 Å². The van der Waals surface area contributed by atoms with E-state index in [9.17, 15) is 19.1 Å². The number of aliphatic hydroxyl groups excluding tert-OH is 1. The van der Waals surface area contributed by atoms with Crippen LogP contribution in [0.1, 0.15) is 38.7 Å². The van der Waals surface area contributed by atoms with Gasteiger partial charge in [0.15, 0.2) is 0 Å². The van der Waals surface area contributed by atoms with E-state index in [-0.39, 0.29) is 23.7 Å². The molecule has 1 atom stereocenters. The van der Waals surface area contributed by atoms with E-state index in [0.717, 1.165) is 21.6 Å². The van der Waals surface area contributed by atoms with Crippen molar-refractivity contribution in [2.45, 2.75) is 33.4 Å². The molecule has 0 radical (unpaired) electrons. The van der Waals surface area contributed by atoms with Gasteiger partial charge in [-0.25, -0.2) is 4.39 Å². The van der Waals surface area contributed by atoms with Crippen LogP contribution in [0.2, 0.25) is 0 Å². The topological polar surface area (TPSA) is 57.6 Å². The first-order valence-corrected chi connectivity index (χ1v) is 10.8. The summed E-state index contributed by atoms with van der Waals surface area (Å²) >= 11 is 1.44. The van der Waals surface area contributed by atoms with E-state index in [1.165, 1.54) is 28.4 Å². The van der Waals surface area contributed by atoms with Gasteiger partial charge in [0.2, 0.25) is 0 Å². The Hall–Kier alpha value is -3.25. The number of benzene rings is 2. The summed E-state index contributed by atoms with van der Waals surface area (Å²) in [4.78, 5) is 28.4. The number of rotatable bonds is 4. The number of halogens is 1. The summed E-state index contributed by atoms with van der Waals surface area (Å²) in [5.74, 6) is -1.93. The maximum Gasteiger partial charge on any atom is 0.295 e. The van der Waals surface area contributed by atoms with Gasteiger partial charge in [0.25, 0.3) is 11.7 Å². The van der Waals surface area contributed by atoms with Crippen molar-refractivity contribution in [3.63, 3.8) is 0 Å². The Bertz CT molecular complexity index is 1210. The lowest BCUT2D eigenvalue weighted by molar-refractivity contribution is -0.140. The van der Waals surface area contributed by atoms with Crippen molar-refractivity contribution >= 4 is 28.8 Å². The molecule has 158 valence electrons. The molecule has 1 aromatic heterocycles. The zero-order valence-corrected chi connectivity index (χ0v) is 18.3. The highest BCUT2D eigenvalue weighted by Gasteiger charge is 2.47. The Morgan fingerprint density at radius 3 is 2.32 bits per heavy atom. The molecule has 1 saturated heterocycles. The van der Waals surface area contributed by atoms with Crippen LogP contribution in [0, 0.1) is 26.6 Å². The molecule has 1 unspecified atom stereocenters. The zero-order valence-electron chi connectivity index (χ0n) is 17.5. The first kappa shape index (κ1) is 21.0. The average Bonchev–Trinajstić information content (AvgIpc) is 3.27. The van der Waals surface area contributed by atoms with E-state index < -0.39 is 17.7 Å².